The Kier molecular flexibility index (Phi) is 14.7. The van der Waals surface area contributed by atoms with E-state index in [1.165, 1.54) is 19.2 Å². The van der Waals surface area contributed by atoms with Crippen molar-refractivity contribution in [2.24, 2.45) is 5.92 Å². The van der Waals surface area contributed by atoms with Crippen molar-refractivity contribution < 1.29 is 52.3 Å². The number of esters is 1. The Labute approximate surface area is 229 Å². The molecule has 0 amide bonds. The molecule has 12 heteroatoms. The van der Waals surface area contributed by atoms with Gasteiger partial charge < -0.3 is 38.5 Å². The highest BCUT2D eigenvalue weighted by atomic mass is 16.8. The third kappa shape index (κ3) is 13.7. The first kappa shape index (κ1) is 33.5. The molecule has 220 valence electrons. The van der Waals surface area contributed by atoms with Crippen molar-refractivity contribution in [2.75, 3.05) is 20.3 Å². The summed E-state index contributed by atoms with van der Waals surface area (Å²) in [6, 6.07) is 3.58. The van der Waals surface area contributed by atoms with Gasteiger partial charge in [-0.25, -0.2) is 14.4 Å². The van der Waals surface area contributed by atoms with Crippen LogP contribution in [0.4, 0.5) is 14.4 Å². The summed E-state index contributed by atoms with van der Waals surface area (Å²) in [7, 11) is 1.25. The predicted molar refractivity (Wildman–Crippen MR) is 140 cm³/mol. The van der Waals surface area contributed by atoms with Gasteiger partial charge in [-0.05, 0) is 64.7 Å². The molecular weight excluding hydrogens is 514 g/mol. The molecule has 12 nitrogen and oxygen atoms in total. The van der Waals surface area contributed by atoms with Crippen LogP contribution in [-0.2, 0) is 34.9 Å². The molecule has 0 aliphatic heterocycles. The van der Waals surface area contributed by atoms with E-state index in [4.69, 9.17) is 33.2 Å². The molecule has 0 saturated heterocycles. The fraction of sp³-hybridized carbons (Fsp3) is 0.630. The van der Waals surface area contributed by atoms with Crippen LogP contribution in [0.3, 0.4) is 0 Å². The van der Waals surface area contributed by atoms with E-state index in [0.29, 0.717) is 5.56 Å². The first-order valence-corrected chi connectivity index (χ1v) is 12.9. The van der Waals surface area contributed by atoms with Gasteiger partial charge in [0.05, 0.1) is 25.9 Å². The summed E-state index contributed by atoms with van der Waals surface area (Å²) in [6.07, 6.45) is -3.28. The normalized spacial score (nSPS) is 13.2. The molecular formula is C27H41NO11. The molecule has 1 aromatic rings. The third-order valence-electron chi connectivity index (χ3n) is 5.12. The molecule has 0 heterocycles. The minimum Gasteiger partial charge on any atom is -0.468 e. The molecule has 0 saturated carbocycles. The lowest BCUT2D eigenvalue weighted by atomic mass is 10.0. The lowest BCUT2D eigenvalue weighted by Crippen LogP contribution is -2.43. The third-order valence-corrected chi connectivity index (χ3v) is 5.12. The largest absolute Gasteiger partial charge is 0.514 e. The van der Waals surface area contributed by atoms with Crippen LogP contribution in [0, 0.1) is 5.92 Å². The summed E-state index contributed by atoms with van der Waals surface area (Å²) >= 11 is 0. The summed E-state index contributed by atoms with van der Waals surface area (Å²) in [4.78, 5) is 48.5. The molecule has 1 rings (SSSR count). The van der Waals surface area contributed by atoms with Gasteiger partial charge in [0.1, 0.15) is 12.1 Å². The predicted octanol–water partition coefficient (Wildman–Crippen LogP) is 4.80. The zero-order chi connectivity index (χ0) is 29.5. The standard InChI is InChI=1S/C27H41NO11/c1-9-18(6)15-34-25(30)37-19(7)14-28-21(24(29)33-8)12-20-10-11-22(38-26(31)35-16(2)3)23(13-20)39-27(32)36-17(4)5/h10-11,13,16-19,21,28H,9,12,14-15H2,1-8H3/t18?,19?,21-/m0/s1. The van der Waals surface area contributed by atoms with E-state index in [0.717, 1.165) is 6.42 Å². The van der Waals surface area contributed by atoms with Gasteiger partial charge in [0.2, 0.25) is 0 Å². The second-order valence-electron chi connectivity index (χ2n) is 9.51. The van der Waals surface area contributed by atoms with Gasteiger partial charge in [0.25, 0.3) is 0 Å². The second-order valence-corrected chi connectivity index (χ2v) is 9.51. The highest BCUT2D eigenvalue weighted by Gasteiger charge is 2.24. The minimum absolute atomic E-state index is 0.0781. The van der Waals surface area contributed by atoms with Crippen LogP contribution in [0.1, 0.15) is 60.5 Å². The minimum atomic E-state index is -1.00. The summed E-state index contributed by atoms with van der Waals surface area (Å²) in [5, 5.41) is 3.01. The lowest BCUT2D eigenvalue weighted by molar-refractivity contribution is -0.143. The number of carbonyl (C=O) groups is 4. The Morgan fingerprint density at radius 3 is 1.95 bits per heavy atom. The van der Waals surface area contributed by atoms with Crippen molar-refractivity contribution in [1.82, 2.24) is 5.32 Å². The van der Waals surface area contributed by atoms with Crippen molar-refractivity contribution >= 4 is 24.4 Å². The van der Waals surface area contributed by atoms with E-state index >= 15 is 0 Å². The van der Waals surface area contributed by atoms with Crippen LogP contribution in [0.15, 0.2) is 18.2 Å². The van der Waals surface area contributed by atoms with Crippen LogP contribution in [0.5, 0.6) is 11.5 Å². The second kappa shape index (κ2) is 17.1. The van der Waals surface area contributed by atoms with Crippen molar-refractivity contribution in [1.29, 1.82) is 0 Å². The van der Waals surface area contributed by atoms with E-state index in [1.807, 2.05) is 13.8 Å². The van der Waals surface area contributed by atoms with Crippen molar-refractivity contribution in [2.45, 2.75) is 85.7 Å². The van der Waals surface area contributed by atoms with Crippen molar-refractivity contribution in [3.63, 3.8) is 0 Å². The SMILES string of the molecule is CCC(C)COC(=O)OC(C)CN[C@@H](Cc1ccc(OC(=O)OC(C)C)c(OC(=O)OC(C)C)c1)C(=O)OC. The molecule has 0 aliphatic rings. The number of nitrogens with one attached hydrogen (secondary N) is 1. The number of benzene rings is 1. The molecule has 0 fully saturated rings. The van der Waals surface area contributed by atoms with Crippen molar-refractivity contribution in [3.8, 4) is 11.5 Å². The molecule has 0 aliphatic carbocycles. The number of methoxy groups -OCH3 is 1. The average molecular weight is 556 g/mol. The number of rotatable bonds is 14. The van der Waals surface area contributed by atoms with Crippen LogP contribution in [0.2, 0.25) is 0 Å². The molecule has 2 unspecified atom stereocenters. The fourth-order valence-electron chi connectivity index (χ4n) is 2.95. The maximum absolute atomic E-state index is 12.5. The van der Waals surface area contributed by atoms with Crippen molar-refractivity contribution in [3.05, 3.63) is 23.8 Å². The number of ether oxygens (including phenoxy) is 7. The molecule has 1 N–H and O–H groups in total. The topological polar surface area (TPSA) is 145 Å². The zero-order valence-electron chi connectivity index (χ0n) is 23.9. The van der Waals surface area contributed by atoms with E-state index in [2.05, 4.69) is 5.32 Å². The van der Waals surface area contributed by atoms with Crippen LogP contribution < -0.4 is 14.8 Å². The quantitative estimate of drug-likeness (QED) is 0.191. The Bertz CT molecular complexity index is 948. The smallest absolute Gasteiger partial charge is 0.468 e. The molecule has 3 atom stereocenters. The van der Waals surface area contributed by atoms with E-state index < -0.39 is 48.8 Å². The van der Waals surface area contributed by atoms with Gasteiger partial charge in [-0.2, -0.15) is 0 Å². The molecule has 0 radical (unpaired) electrons. The Morgan fingerprint density at radius 2 is 1.41 bits per heavy atom. The Balaban J connectivity index is 2.98. The van der Waals surface area contributed by atoms with Crippen LogP contribution >= 0.6 is 0 Å². The van der Waals surface area contributed by atoms with Crippen LogP contribution in [-0.4, -0.2) is 69.1 Å². The van der Waals surface area contributed by atoms with Gasteiger partial charge in [-0.1, -0.05) is 26.3 Å². The number of hydrogen-bond acceptors (Lipinski definition) is 12. The van der Waals surface area contributed by atoms with Gasteiger partial charge >= 0.3 is 24.4 Å². The summed E-state index contributed by atoms with van der Waals surface area (Å²) in [5.74, 6) is -0.536. The zero-order valence-corrected chi connectivity index (χ0v) is 23.9. The molecule has 0 spiro atoms. The highest BCUT2D eigenvalue weighted by Crippen LogP contribution is 2.30. The monoisotopic (exact) mass is 555 g/mol. The molecule has 39 heavy (non-hydrogen) atoms. The summed E-state index contributed by atoms with van der Waals surface area (Å²) in [6.45, 7) is 12.6. The van der Waals surface area contributed by atoms with E-state index in [1.54, 1.807) is 40.7 Å². The van der Waals surface area contributed by atoms with Gasteiger partial charge in [-0.3, -0.25) is 4.79 Å². The highest BCUT2D eigenvalue weighted by molar-refractivity contribution is 5.76. The Hall–Kier alpha value is -3.54. The van der Waals surface area contributed by atoms with Crippen LogP contribution in [0.25, 0.3) is 0 Å². The maximum Gasteiger partial charge on any atom is 0.514 e. The molecule has 1 aromatic carbocycles. The average Bonchev–Trinajstić information content (AvgIpc) is 2.84. The molecule has 0 bridgehead atoms. The Morgan fingerprint density at radius 1 is 0.821 bits per heavy atom. The number of hydrogen-bond donors (Lipinski definition) is 1. The van der Waals surface area contributed by atoms with E-state index in [-0.39, 0.29) is 37.0 Å². The summed E-state index contributed by atoms with van der Waals surface area (Å²) in [5.41, 5.74) is 0.538. The maximum atomic E-state index is 12.5. The van der Waals surface area contributed by atoms with Gasteiger partial charge in [0, 0.05) is 6.54 Å². The van der Waals surface area contributed by atoms with Gasteiger partial charge in [-0.15, -0.1) is 0 Å². The fourth-order valence-corrected chi connectivity index (χ4v) is 2.95. The first-order valence-electron chi connectivity index (χ1n) is 12.9. The van der Waals surface area contributed by atoms with Gasteiger partial charge in [0.15, 0.2) is 11.5 Å². The molecule has 0 aromatic heterocycles. The summed E-state index contributed by atoms with van der Waals surface area (Å²) < 4.78 is 35.7. The lowest BCUT2D eigenvalue weighted by Gasteiger charge is -2.20. The van der Waals surface area contributed by atoms with E-state index in [9.17, 15) is 19.2 Å². The number of carbonyl (C=O) groups excluding carboxylic acids is 4. The first-order chi connectivity index (χ1) is 18.3.